The first-order chi connectivity index (χ1) is 11.1. The highest BCUT2D eigenvalue weighted by Gasteiger charge is 2.60. The van der Waals surface area contributed by atoms with Crippen molar-refractivity contribution in [2.45, 2.75) is 51.2 Å². The third-order valence-corrected chi connectivity index (χ3v) is 2.92. The molecule has 0 spiro atoms. The van der Waals surface area contributed by atoms with Crippen molar-refractivity contribution in [2.24, 2.45) is 5.11 Å². The molecule has 0 aromatic carbocycles. The predicted octanol–water partition coefficient (Wildman–Crippen LogP) is 0.106. The van der Waals surface area contributed by atoms with Gasteiger partial charge in [-0.1, -0.05) is 5.11 Å². The lowest BCUT2D eigenvalue weighted by Crippen LogP contribution is -2.66. The first-order valence-corrected chi connectivity index (χ1v) is 6.68. The molecule has 0 bridgehead atoms. The van der Waals surface area contributed by atoms with E-state index < -0.39 is 54.9 Å². The highest BCUT2D eigenvalue weighted by atomic mass is 19.2. The van der Waals surface area contributed by atoms with Crippen LogP contribution in [0.25, 0.3) is 10.4 Å². The molecule has 134 valence electrons. The van der Waals surface area contributed by atoms with E-state index in [4.69, 9.17) is 19.7 Å². The third kappa shape index (κ3) is 4.78. The molecule has 1 fully saturated rings. The van der Waals surface area contributed by atoms with Crippen molar-refractivity contribution in [3.05, 3.63) is 10.4 Å². The molecule has 5 atom stereocenters. The molecule has 0 aromatic heterocycles. The number of hydrogen-bond donors (Lipinski definition) is 1. The van der Waals surface area contributed by atoms with Gasteiger partial charge in [0.25, 0.3) is 5.85 Å². The quantitative estimate of drug-likeness (QED) is 0.241. The molecule has 1 heterocycles. The summed E-state index contributed by atoms with van der Waals surface area (Å²) in [5.41, 5.74) is 8.46. The van der Waals surface area contributed by atoms with Crippen molar-refractivity contribution < 1.29 is 42.8 Å². The molecule has 0 unspecified atom stereocenters. The Labute approximate surface area is 135 Å². The minimum atomic E-state index is -3.48. The van der Waals surface area contributed by atoms with Crippen LogP contribution in [0.5, 0.6) is 0 Å². The van der Waals surface area contributed by atoms with Crippen LogP contribution in [0.15, 0.2) is 5.11 Å². The van der Waals surface area contributed by atoms with Crippen LogP contribution >= 0.6 is 0 Å². The van der Waals surface area contributed by atoms with E-state index >= 15 is 0 Å². The lowest BCUT2D eigenvalue weighted by molar-refractivity contribution is -0.323. The van der Waals surface area contributed by atoms with Gasteiger partial charge in [0.15, 0.2) is 12.3 Å². The predicted molar refractivity (Wildman–Crippen MR) is 71.6 cm³/mol. The van der Waals surface area contributed by atoms with Gasteiger partial charge in [-0.15, -0.1) is 0 Å². The summed E-state index contributed by atoms with van der Waals surface area (Å²) in [6, 6.07) is 0. The molecule has 11 nitrogen and oxygen atoms in total. The number of halogens is 1. The second-order valence-corrected chi connectivity index (χ2v) is 4.87. The van der Waals surface area contributed by atoms with Crippen molar-refractivity contribution in [1.29, 1.82) is 0 Å². The number of carbonyl (C=O) groups is 3. The fraction of sp³-hybridized carbons (Fsp3) is 0.750. The number of rotatable bonds is 5. The number of ether oxygens (including phenoxy) is 4. The number of esters is 3. The lowest BCUT2D eigenvalue weighted by atomic mass is 9.95. The van der Waals surface area contributed by atoms with Gasteiger partial charge in [-0.05, 0) is 5.53 Å². The summed E-state index contributed by atoms with van der Waals surface area (Å²) in [6.07, 6.45) is -7.19. The molecule has 0 saturated carbocycles. The average Bonchev–Trinajstić information content (AvgIpc) is 2.44. The molecule has 1 saturated heterocycles. The third-order valence-electron chi connectivity index (χ3n) is 2.92. The van der Waals surface area contributed by atoms with Crippen LogP contribution in [0.2, 0.25) is 0 Å². The van der Waals surface area contributed by atoms with Gasteiger partial charge in [-0.3, -0.25) is 14.4 Å². The molecule has 0 aliphatic carbocycles. The van der Waals surface area contributed by atoms with Crippen LogP contribution in [0.4, 0.5) is 4.39 Å². The number of nitrogens with zero attached hydrogens (tertiary/aromatic N) is 3. The Morgan fingerprint density at radius 1 is 1.25 bits per heavy atom. The smallest absolute Gasteiger partial charge is 0.303 e. The Balaban J connectivity index is 3.24. The zero-order valence-corrected chi connectivity index (χ0v) is 13.0. The Hall–Kier alpha value is -2.43. The van der Waals surface area contributed by atoms with E-state index in [2.05, 4.69) is 14.8 Å². The molecule has 12 heteroatoms. The molecule has 1 aliphatic heterocycles. The molecule has 0 aromatic rings. The van der Waals surface area contributed by atoms with Gasteiger partial charge in [0, 0.05) is 25.7 Å². The van der Waals surface area contributed by atoms with Gasteiger partial charge >= 0.3 is 17.9 Å². The summed E-state index contributed by atoms with van der Waals surface area (Å²) in [5, 5.41) is 12.9. The summed E-state index contributed by atoms with van der Waals surface area (Å²) in [4.78, 5) is 35.7. The molecule has 24 heavy (non-hydrogen) atoms. The summed E-state index contributed by atoms with van der Waals surface area (Å²) in [5.74, 6) is -6.09. The van der Waals surface area contributed by atoms with Crippen LogP contribution in [-0.2, 0) is 33.3 Å². The summed E-state index contributed by atoms with van der Waals surface area (Å²) in [7, 11) is 0. The van der Waals surface area contributed by atoms with Gasteiger partial charge < -0.3 is 24.1 Å². The van der Waals surface area contributed by atoms with E-state index in [9.17, 15) is 23.9 Å². The molecular formula is C12H16FN3O8. The van der Waals surface area contributed by atoms with Crippen molar-refractivity contribution in [2.75, 3.05) is 6.61 Å². The molecule has 0 amide bonds. The Morgan fingerprint density at radius 2 is 1.83 bits per heavy atom. The largest absolute Gasteiger partial charge is 0.463 e. The summed E-state index contributed by atoms with van der Waals surface area (Å²) >= 11 is 0. The Kier molecular flexibility index (Phi) is 6.46. The number of azide groups is 1. The first-order valence-electron chi connectivity index (χ1n) is 6.68. The Bertz CT molecular complexity index is 563. The van der Waals surface area contributed by atoms with E-state index in [-0.39, 0.29) is 0 Å². The maximum atomic E-state index is 14.6. The average molecular weight is 349 g/mol. The lowest BCUT2D eigenvalue weighted by Gasteiger charge is -2.44. The number of alkyl halides is 1. The highest BCUT2D eigenvalue weighted by Crippen LogP contribution is 2.36. The van der Waals surface area contributed by atoms with Gasteiger partial charge in [0.05, 0.1) is 0 Å². The zero-order valence-electron chi connectivity index (χ0n) is 13.0. The first kappa shape index (κ1) is 19.6. The normalized spacial score (nSPS) is 32.2. The van der Waals surface area contributed by atoms with Gasteiger partial charge in [0.2, 0.25) is 6.10 Å². The van der Waals surface area contributed by atoms with E-state index in [1.807, 2.05) is 0 Å². The van der Waals surface area contributed by atoms with Crippen molar-refractivity contribution >= 4 is 17.9 Å². The van der Waals surface area contributed by atoms with Crippen LogP contribution in [0.1, 0.15) is 20.8 Å². The van der Waals surface area contributed by atoms with E-state index in [1.165, 1.54) is 0 Å². The fourth-order valence-corrected chi connectivity index (χ4v) is 2.05. The summed E-state index contributed by atoms with van der Waals surface area (Å²) in [6.45, 7) is 2.48. The molecule has 1 rings (SSSR count). The van der Waals surface area contributed by atoms with E-state index in [0.717, 1.165) is 20.8 Å². The fourth-order valence-electron chi connectivity index (χ4n) is 2.05. The number of hydrogen-bond acceptors (Lipinski definition) is 9. The van der Waals surface area contributed by atoms with Crippen LogP contribution in [-0.4, -0.2) is 60.0 Å². The topological polar surface area (TPSA) is 157 Å². The second kappa shape index (κ2) is 7.90. The van der Waals surface area contributed by atoms with E-state index in [1.54, 1.807) is 0 Å². The van der Waals surface area contributed by atoms with Crippen molar-refractivity contribution in [3.8, 4) is 0 Å². The summed E-state index contributed by atoms with van der Waals surface area (Å²) < 4.78 is 33.9. The second-order valence-electron chi connectivity index (χ2n) is 4.87. The monoisotopic (exact) mass is 349 g/mol. The Morgan fingerprint density at radius 3 is 2.29 bits per heavy atom. The zero-order chi connectivity index (χ0) is 18.5. The number of aliphatic hydroxyl groups is 1. The van der Waals surface area contributed by atoms with Gasteiger partial charge in [0.1, 0.15) is 12.7 Å². The SMILES string of the molecule is CC(=O)OC[C@H]1O[C@H](N=[N+]=[N-])[C@](O)(F)[C@@H](OC(C)=O)[C@@H]1OC(C)=O. The molecular weight excluding hydrogens is 333 g/mol. The van der Waals surface area contributed by atoms with Crippen molar-refractivity contribution in [3.63, 3.8) is 0 Å². The molecule has 1 aliphatic rings. The molecule has 0 radical (unpaired) electrons. The standard InChI is InChI=1S/C12H16FN3O8/c1-5(17)21-4-8-9(22-6(2)18)10(23-7(3)19)12(13,20)11(24-8)15-16-14/h8-11,20H,4H2,1-3H3/t8-,9-,10+,11+,12+/m1/s1. The maximum Gasteiger partial charge on any atom is 0.303 e. The van der Waals surface area contributed by atoms with Crippen LogP contribution < -0.4 is 0 Å². The van der Waals surface area contributed by atoms with Gasteiger partial charge in [-0.2, -0.15) is 0 Å². The highest BCUT2D eigenvalue weighted by molar-refractivity contribution is 5.68. The minimum Gasteiger partial charge on any atom is -0.463 e. The van der Waals surface area contributed by atoms with E-state index in [0.29, 0.717) is 0 Å². The maximum absolute atomic E-state index is 14.6. The minimum absolute atomic E-state index is 0.529. The number of carbonyl (C=O) groups excluding carboxylic acids is 3. The van der Waals surface area contributed by atoms with Crippen LogP contribution in [0, 0.1) is 0 Å². The van der Waals surface area contributed by atoms with Crippen LogP contribution in [0.3, 0.4) is 0 Å². The van der Waals surface area contributed by atoms with Gasteiger partial charge in [-0.25, -0.2) is 4.39 Å². The molecule has 1 N–H and O–H groups in total. The van der Waals surface area contributed by atoms with Crippen molar-refractivity contribution in [1.82, 2.24) is 0 Å².